The standard InChI is InChI=1S/C14H15NOS/c16-10-14(7-4-8-14)13-15-12(9-17-13)11-5-2-1-3-6-11/h1-3,5-6,9,16H,4,7-8,10H2. The summed E-state index contributed by atoms with van der Waals surface area (Å²) in [6.45, 7) is 0.231. The predicted octanol–water partition coefficient (Wildman–Crippen LogP) is 3.22. The zero-order chi connectivity index (χ0) is 11.7. The van der Waals surface area contributed by atoms with Crippen molar-refractivity contribution in [1.29, 1.82) is 0 Å². The van der Waals surface area contributed by atoms with Gasteiger partial charge in [-0.2, -0.15) is 0 Å². The van der Waals surface area contributed by atoms with Crippen LogP contribution in [0.3, 0.4) is 0 Å². The second-order valence-electron chi connectivity index (χ2n) is 4.70. The van der Waals surface area contributed by atoms with Crippen LogP contribution in [0.1, 0.15) is 24.3 Å². The van der Waals surface area contributed by atoms with Crippen molar-refractivity contribution >= 4 is 11.3 Å². The number of aliphatic hydroxyl groups is 1. The van der Waals surface area contributed by atoms with E-state index in [0.29, 0.717) is 0 Å². The van der Waals surface area contributed by atoms with Crippen LogP contribution in [0.25, 0.3) is 11.3 Å². The van der Waals surface area contributed by atoms with E-state index >= 15 is 0 Å². The molecule has 1 aromatic heterocycles. The molecule has 1 aliphatic carbocycles. The minimum Gasteiger partial charge on any atom is -0.395 e. The highest BCUT2D eigenvalue weighted by atomic mass is 32.1. The van der Waals surface area contributed by atoms with Gasteiger partial charge in [0.05, 0.1) is 12.3 Å². The monoisotopic (exact) mass is 245 g/mol. The van der Waals surface area contributed by atoms with Crippen LogP contribution in [-0.2, 0) is 5.41 Å². The molecule has 0 amide bonds. The molecule has 0 aliphatic heterocycles. The first kappa shape index (κ1) is 10.9. The maximum Gasteiger partial charge on any atom is 0.102 e. The molecule has 88 valence electrons. The van der Waals surface area contributed by atoms with E-state index in [4.69, 9.17) is 4.98 Å². The normalized spacial score (nSPS) is 17.7. The quantitative estimate of drug-likeness (QED) is 0.900. The Kier molecular flexibility index (Phi) is 2.73. The first-order chi connectivity index (χ1) is 8.34. The number of hydrogen-bond donors (Lipinski definition) is 1. The van der Waals surface area contributed by atoms with Gasteiger partial charge in [0.1, 0.15) is 5.01 Å². The van der Waals surface area contributed by atoms with Crippen LogP contribution < -0.4 is 0 Å². The third-order valence-electron chi connectivity index (χ3n) is 3.64. The van der Waals surface area contributed by atoms with Crippen LogP contribution >= 0.6 is 11.3 Å². The van der Waals surface area contributed by atoms with Gasteiger partial charge in [0.2, 0.25) is 0 Å². The summed E-state index contributed by atoms with van der Waals surface area (Å²) in [5.74, 6) is 0. The first-order valence-electron chi connectivity index (χ1n) is 5.96. The summed E-state index contributed by atoms with van der Waals surface area (Å²) in [6.07, 6.45) is 3.36. The average molecular weight is 245 g/mol. The minimum absolute atomic E-state index is 0.0301. The summed E-state index contributed by atoms with van der Waals surface area (Å²) in [5, 5.41) is 12.7. The fourth-order valence-corrected chi connectivity index (χ4v) is 3.38. The summed E-state index contributed by atoms with van der Waals surface area (Å²) in [6, 6.07) is 10.2. The van der Waals surface area contributed by atoms with Gasteiger partial charge >= 0.3 is 0 Å². The Bertz CT molecular complexity index is 496. The van der Waals surface area contributed by atoms with Gasteiger partial charge in [-0.1, -0.05) is 36.8 Å². The maximum absolute atomic E-state index is 9.54. The highest BCUT2D eigenvalue weighted by Gasteiger charge is 2.40. The van der Waals surface area contributed by atoms with Gasteiger partial charge < -0.3 is 5.11 Å². The Labute approximate surface area is 105 Å². The second-order valence-corrected chi connectivity index (χ2v) is 5.55. The Morgan fingerprint density at radius 1 is 1.24 bits per heavy atom. The lowest BCUT2D eigenvalue weighted by Crippen LogP contribution is -2.37. The molecule has 1 saturated carbocycles. The SMILES string of the molecule is OCC1(c2nc(-c3ccccc3)cs2)CCC1. The Morgan fingerprint density at radius 3 is 2.59 bits per heavy atom. The predicted molar refractivity (Wildman–Crippen MR) is 70.2 cm³/mol. The second kappa shape index (κ2) is 4.24. The highest BCUT2D eigenvalue weighted by Crippen LogP contribution is 2.45. The molecule has 1 aliphatic rings. The van der Waals surface area contributed by atoms with Crippen molar-refractivity contribution in [2.24, 2.45) is 0 Å². The molecule has 1 aromatic carbocycles. The molecule has 0 saturated heterocycles. The summed E-state index contributed by atoms with van der Waals surface area (Å²) >= 11 is 1.68. The van der Waals surface area contributed by atoms with Crippen LogP contribution in [0.2, 0.25) is 0 Å². The molecule has 3 rings (SSSR count). The Hall–Kier alpha value is -1.19. The highest BCUT2D eigenvalue weighted by molar-refractivity contribution is 7.10. The minimum atomic E-state index is -0.0301. The molecule has 17 heavy (non-hydrogen) atoms. The molecular formula is C14H15NOS. The Morgan fingerprint density at radius 2 is 2.00 bits per heavy atom. The number of aliphatic hydroxyl groups excluding tert-OH is 1. The number of nitrogens with zero attached hydrogens (tertiary/aromatic N) is 1. The van der Waals surface area contributed by atoms with Crippen LogP contribution in [0.4, 0.5) is 0 Å². The fraction of sp³-hybridized carbons (Fsp3) is 0.357. The zero-order valence-corrected chi connectivity index (χ0v) is 10.4. The van der Waals surface area contributed by atoms with E-state index in [1.165, 1.54) is 6.42 Å². The molecular weight excluding hydrogens is 230 g/mol. The largest absolute Gasteiger partial charge is 0.395 e. The van der Waals surface area contributed by atoms with Crippen LogP contribution in [0.15, 0.2) is 35.7 Å². The lowest BCUT2D eigenvalue weighted by atomic mass is 9.70. The zero-order valence-electron chi connectivity index (χ0n) is 9.60. The summed E-state index contributed by atoms with van der Waals surface area (Å²) in [4.78, 5) is 4.70. The lowest BCUT2D eigenvalue weighted by molar-refractivity contribution is 0.120. The van der Waals surface area contributed by atoms with Crippen molar-refractivity contribution in [2.45, 2.75) is 24.7 Å². The number of thiazole rings is 1. The van der Waals surface area contributed by atoms with Crippen molar-refractivity contribution in [2.75, 3.05) is 6.61 Å². The van der Waals surface area contributed by atoms with Crippen LogP contribution in [-0.4, -0.2) is 16.7 Å². The molecule has 0 bridgehead atoms. The van der Waals surface area contributed by atoms with Gasteiger partial charge in [-0.05, 0) is 12.8 Å². The third-order valence-corrected chi connectivity index (χ3v) is 4.73. The van der Waals surface area contributed by atoms with Gasteiger partial charge in [-0.3, -0.25) is 0 Å². The number of benzene rings is 1. The molecule has 1 heterocycles. The average Bonchev–Trinajstić information content (AvgIpc) is 2.80. The Balaban J connectivity index is 1.93. The topological polar surface area (TPSA) is 33.1 Å². The van der Waals surface area contributed by atoms with Crippen molar-refractivity contribution in [3.05, 3.63) is 40.7 Å². The maximum atomic E-state index is 9.54. The van der Waals surface area contributed by atoms with Crippen molar-refractivity contribution in [3.63, 3.8) is 0 Å². The van der Waals surface area contributed by atoms with Gasteiger partial charge in [0.15, 0.2) is 0 Å². The van der Waals surface area contributed by atoms with E-state index in [0.717, 1.165) is 29.1 Å². The summed E-state index contributed by atoms with van der Waals surface area (Å²) < 4.78 is 0. The van der Waals surface area contributed by atoms with E-state index in [2.05, 4.69) is 17.5 Å². The lowest BCUT2D eigenvalue weighted by Gasteiger charge is -2.38. The fourth-order valence-electron chi connectivity index (χ4n) is 2.30. The molecule has 1 fully saturated rings. The molecule has 0 atom stereocenters. The first-order valence-corrected chi connectivity index (χ1v) is 6.84. The van der Waals surface area contributed by atoms with Crippen molar-refractivity contribution in [3.8, 4) is 11.3 Å². The van der Waals surface area contributed by atoms with Crippen LogP contribution in [0, 0.1) is 0 Å². The van der Waals surface area contributed by atoms with Gasteiger partial charge in [-0.25, -0.2) is 4.98 Å². The number of hydrogen-bond acceptors (Lipinski definition) is 3. The van der Waals surface area contributed by atoms with Gasteiger partial charge in [0.25, 0.3) is 0 Å². The van der Waals surface area contributed by atoms with E-state index in [-0.39, 0.29) is 12.0 Å². The molecule has 3 heteroatoms. The van der Waals surface area contributed by atoms with E-state index in [1.807, 2.05) is 18.2 Å². The van der Waals surface area contributed by atoms with Crippen molar-refractivity contribution < 1.29 is 5.11 Å². The molecule has 0 spiro atoms. The number of aromatic nitrogens is 1. The van der Waals surface area contributed by atoms with Gasteiger partial charge in [0, 0.05) is 16.4 Å². The molecule has 1 N–H and O–H groups in total. The van der Waals surface area contributed by atoms with E-state index < -0.39 is 0 Å². The van der Waals surface area contributed by atoms with Crippen molar-refractivity contribution in [1.82, 2.24) is 4.98 Å². The van der Waals surface area contributed by atoms with E-state index in [1.54, 1.807) is 11.3 Å². The summed E-state index contributed by atoms with van der Waals surface area (Å²) in [7, 11) is 0. The summed E-state index contributed by atoms with van der Waals surface area (Å²) in [5.41, 5.74) is 2.16. The molecule has 0 unspecified atom stereocenters. The number of rotatable bonds is 3. The van der Waals surface area contributed by atoms with Crippen LogP contribution in [0.5, 0.6) is 0 Å². The molecule has 2 aromatic rings. The smallest absolute Gasteiger partial charge is 0.102 e. The molecule has 0 radical (unpaired) electrons. The van der Waals surface area contributed by atoms with E-state index in [9.17, 15) is 5.11 Å². The molecule has 2 nitrogen and oxygen atoms in total. The third kappa shape index (κ3) is 1.79. The van der Waals surface area contributed by atoms with Gasteiger partial charge in [-0.15, -0.1) is 11.3 Å².